The van der Waals surface area contributed by atoms with Crippen LogP contribution in [-0.2, 0) is 11.3 Å². The summed E-state index contributed by atoms with van der Waals surface area (Å²) in [4.78, 5) is 34.8. The molecule has 30 heavy (non-hydrogen) atoms. The van der Waals surface area contributed by atoms with E-state index in [4.69, 9.17) is 4.98 Å². The Balaban J connectivity index is 1.53. The number of likely N-dealkylation sites (tertiary alicyclic amines) is 1. The Bertz CT molecular complexity index is 1110. The average Bonchev–Trinajstić information content (AvgIpc) is 2.75. The van der Waals surface area contributed by atoms with Crippen LogP contribution in [-0.4, -0.2) is 38.4 Å². The maximum Gasteiger partial charge on any atom is 0.347 e. The Hall–Kier alpha value is -3.35. The van der Waals surface area contributed by atoms with Crippen LogP contribution in [0.25, 0.3) is 11.1 Å². The number of benzene rings is 1. The normalized spacial score (nSPS) is 16.5. The summed E-state index contributed by atoms with van der Waals surface area (Å²) in [6.45, 7) is 3.16. The standard InChI is InChI=1S/C23H23FN4O2/c1-16-12-19(17-5-7-20(24)8-6-17)13-21(26-16)18-4-2-10-27(14-18)22(29)15-28-11-3-9-25-23(28)30/h3,5-9,11-13,18H,2,4,10,14-15H2,1H3/t18-/m1/s1. The molecule has 3 aromatic rings. The maximum atomic E-state index is 13.3. The maximum absolute atomic E-state index is 13.3. The van der Waals surface area contributed by atoms with Crippen molar-refractivity contribution in [2.45, 2.75) is 32.2 Å². The fourth-order valence-corrected chi connectivity index (χ4v) is 3.91. The fourth-order valence-electron chi connectivity index (χ4n) is 3.91. The zero-order valence-corrected chi connectivity index (χ0v) is 16.8. The highest BCUT2D eigenvalue weighted by Gasteiger charge is 2.26. The smallest absolute Gasteiger partial charge is 0.340 e. The molecule has 1 saturated heterocycles. The Morgan fingerprint density at radius 1 is 1.20 bits per heavy atom. The van der Waals surface area contributed by atoms with E-state index >= 15 is 0 Å². The largest absolute Gasteiger partial charge is 0.347 e. The van der Waals surface area contributed by atoms with E-state index in [9.17, 15) is 14.0 Å². The Labute approximate surface area is 174 Å². The van der Waals surface area contributed by atoms with Crippen LogP contribution in [0.5, 0.6) is 0 Å². The fraction of sp³-hybridized carbons (Fsp3) is 0.304. The minimum Gasteiger partial charge on any atom is -0.340 e. The van der Waals surface area contributed by atoms with Crippen molar-refractivity contribution in [3.8, 4) is 11.1 Å². The first kappa shape index (κ1) is 19.9. The molecule has 1 atom stereocenters. The number of piperidine rings is 1. The van der Waals surface area contributed by atoms with Crippen LogP contribution < -0.4 is 5.69 Å². The highest BCUT2D eigenvalue weighted by Crippen LogP contribution is 2.29. The van der Waals surface area contributed by atoms with Gasteiger partial charge in [0.25, 0.3) is 0 Å². The predicted molar refractivity (Wildman–Crippen MR) is 111 cm³/mol. The Morgan fingerprint density at radius 3 is 2.77 bits per heavy atom. The van der Waals surface area contributed by atoms with Crippen molar-refractivity contribution >= 4 is 5.91 Å². The molecule has 1 aliphatic heterocycles. The number of aryl methyl sites for hydroxylation is 1. The molecule has 154 valence electrons. The number of pyridine rings is 1. The van der Waals surface area contributed by atoms with E-state index in [0.717, 1.165) is 35.4 Å². The van der Waals surface area contributed by atoms with E-state index < -0.39 is 5.69 Å². The molecule has 4 rings (SSSR count). The summed E-state index contributed by atoms with van der Waals surface area (Å²) < 4.78 is 14.6. The van der Waals surface area contributed by atoms with Gasteiger partial charge in [0, 0.05) is 42.8 Å². The highest BCUT2D eigenvalue weighted by molar-refractivity contribution is 5.76. The Morgan fingerprint density at radius 2 is 2.00 bits per heavy atom. The molecule has 0 unspecified atom stereocenters. The van der Waals surface area contributed by atoms with E-state index in [0.29, 0.717) is 13.1 Å². The number of hydrogen-bond donors (Lipinski definition) is 0. The zero-order valence-electron chi connectivity index (χ0n) is 16.8. The van der Waals surface area contributed by atoms with E-state index in [-0.39, 0.29) is 24.2 Å². The second kappa shape index (κ2) is 8.57. The van der Waals surface area contributed by atoms with Gasteiger partial charge in [-0.15, -0.1) is 0 Å². The SMILES string of the molecule is Cc1cc(-c2ccc(F)cc2)cc([C@@H]2CCCN(C(=O)Cn3cccnc3=O)C2)n1. The van der Waals surface area contributed by atoms with Crippen LogP contribution in [0, 0.1) is 12.7 Å². The van der Waals surface area contributed by atoms with Crippen LogP contribution in [0.2, 0.25) is 0 Å². The van der Waals surface area contributed by atoms with Gasteiger partial charge in [0.1, 0.15) is 12.4 Å². The number of aromatic nitrogens is 3. The zero-order chi connectivity index (χ0) is 21.1. The molecule has 0 saturated carbocycles. The summed E-state index contributed by atoms with van der Waals surface area (Å²) in [6, 6.07) is 12.1. The lowest BCUT2D eigenvalue weighted by atomic mass is 9.92. The topological polar surface area (TPSA) is 68.1 Å². The third-order valence-electron chi connectivity index (χ3n) is 5.43. The van der Waals surface area contributed by atoms with Gasteiger partial charge in [-0.1, -0.05) is 12.1 Å². The van der Waals surface area contributed by atoms with E-state index in [2.05, 4.69) is 4.98 Å². The molecule has 1 amide bonds. The van der Waals surface area contributed by atoms with Gasteiger partial charge in [-0.3, -0.25) is 14.3 Å². The van der Waals surface area contributed by atoms with Gasteiger partial charge < -0.3 is 4.90 Å². The molecule has 0 aliphatic carbocycles. The highest BCUT2D eigenvalue weighted by atomic mass is 19.1. The summed E-state index contributed by atoms with van der Waals surface area (Å²) in [6.07, 6.45) is 4.81. The van der Waals surface area contributed by atoms with E-state index in [1.54, 1.807) is 29.3 Å². The van der Waals surface area contributed by atoms with Crippen molar-refractivity contribution in [2.24, 2.45) is 0 Å². The summed E-state index contributed by atoms with van der Waals surface area (Å²) in [5, 5.41) is 0. The molecule has 7 heteroatoms. The molecule has 1 fully saturated rings. The lowest BCUT2D eigenvalue weighted by Gasteiger charge is -2.33. The van der Waals surface area contributed by atoms with E-state index in [1.807, 2.05) is 19.1 Å². The first-order valence-corrected chi connectivity index (χ1v) is 10.0. The first-order chi connectivity index (χ1) is 14.5. The van der Waals surface area contributed by atoms with Crippen LogP contribution >= 0.6 is 0 Å². The number of rotatable bonds is 4. The molecule has 1 aliphatic rings. The molecule has 1 aromatic carbocycles. The summed E-state index contributed by atoms with van der Waals surface area (Å²) in [5.41, 5.74) is 3.32. The molecule has 0 N–H and O–H groups in total. The second-order valence-corrected chi connectivity index (χ2v) is 7.64. The number of amides is 1. The molecule has 6 nitrogen and oxygen atoms in total. The third-order valence-corrected chi connectivity index (χ3v) is 5.43. The minimum absolute atomic E-state index is 0.0124. The molecule has 0 bridgehead atoms. The third kappa shape index (κ3) is 4.45. The number of carbonyl (C=O) groups is 1. The number of nitrogens with zero attached hydrogens (tertiary/aromatic N) is 4. The molecular formula is C23H23FN4O2. The van der Waals surface area contributed by atoms with Crippen LogP contribution in [0.4, 0.5) is 4.39 Å². The van der Waals surface area contributed by atoms with Crippen LogP contribution in [0.3, 0.4) is 0 Å². The Kier molecular flexibility index (Phi) is 5.70. The summed E-state index contributed by atoms with van der Waals surface area (Å²) in [5.74, 6) is -0.243. The molecule has 3 heterocycles. The van der Waals surface area contributed by atoms with E-state index in [1.165, 1.54) is 22.9 Å². The van der Waals surface area contributed by atoms with Crippen molar-refractivity contribution in [3.63, 3.8) is 0 Å². The van der Waals surface area contributed by atoms with Crippen molar-refractivity contribution in [1.29, 1.82) is 0 Å². The summed E-state index contributed by atoms with van der Waals surface area (Å²) >= 11 is 0. The average molecular weight is 406 g/mol. The van der Waals surface area contributed by atoms with Crippen molar-refractivity contribution in [3.05, 3.63) is 82.5 Å². The number of hydrogen-bond acceptors (Lipinski definition) is 4. The summed E-state index contributed by atoms with van der Waals surface area (Å²) in [7, 11) is 0. The monoisotopic (exact) mass is 406 g/mol. The molecular weight excluding hydrogens is 383 g/mol. The molecule has 0 radical (unpaired) electrons. The second-order valence-electron chi connectivity index (χ2n) is 7.64. The van der Waals surface area contributed by atoms with Crippen molar-refractivity contribution in [1.82, 2.24) is 19.4 Å². The van der Waals surface area contributed by atoms with Crippen LogP contribution in [0.1, 0.15) is 30.1 Å². The van der Waals surface area contributed by atoms with Gasteiger partial charge in [-0.05, 0) is 61.2 Å². The van der Waals surface area contributed by atoms with Crippen molar-refractivity contribution in [2.75, 3.05) is 13.1 Å². The molecule has 0 spiro atoms. The van der Waals surface area contributed by atoms with Crippen LogP contribution in [0.15, 0.2) is 59.7 Å². The van der Waals surface area contributed by atoms with Gasteiger partial charge in [0.05, 0.1) is 0 Å². The van der Waals surface area contributed by atoms with Crippen molar-refractivity contribution < 1.29 is 9.18 Å². The molecule has 2 aromatic heterocycles. The minimum atomic E-state index is -0.427. The van der Waals surface area contributed by atoms with Gasteiger partial charge in [0.2, 0.25) is 5.91 Å². The van der Waals surface area contributed by atoms with Gasteiger partial charge in [-0.2, -0.15) is 0 Å². The number of halogens is 1. The van der Waals surface area contributed by atoms with Gasteiger partial charge >= 0.3 is 5.69 Å². The lowest BCUT2D eigenvalue weighted by Crippen LogP contribution is -2.42. The van der Waals surface area contributed by atoms with Gasteiger partial charge in [-0.25, -0.2) is 14.2 Å². The number of carbonyl (C=O) groups excluding carboxylic acids is 1. The quantitative estimate of drug-likeness (QED) is 0.668. The lowest BCUT2D eigenvalue weighted by molar-refractivity contribution is -0.133. The predicted octanol–water partition coefficient (Wildman–Crippen LogP) is 3.16. The first-order valence-electron chi connectivity index (χ1n) is 10.0. The van der Waals surface area contributed by atoms with Gasteiger partial charge in [0.15, 0.2) is 0 Å².